The van der Waals surface area contributed by atoms with Crippen LogP contribution in [0, 0.1) is 13.8 Å². The van der Waals surface area contributed by atoms with E-state index in [9.17, 15) is 5.11 Å². The lowest BCUT2D eigenvalue weighted by Gasteiger charge is -2.13. The first-order chi connectivity index (χ1) is 8.86. The van der Waals surface area contributed by atoms with E-state index in [4.69, 9.17) is 4.74 Å². The van der Waals surface area contributed by atoms with E-state index in [1.165, 1.54) is 16.9 Å². The zero-order chi connectivity index (χ0) is 14.0. The van der Waals surface area contributed by atoms with Gasteiger partial charge in [0.2, 0.25) is 0 Å². The molecule has 0 spiro atoms. The summed E-state index contributed by atoms with van der Waals surface area (Å²) in [7, 11) is 0. The van der Waals surface area contributed by atoms with Crippen LogP contribution in [0.15, 0.2) is 24.4 Å². The Morgan fingerprint density at radius 3 is 2.63 bits per heavy atom. The van der Waals surface area contributed by atoms with E-state index in [1.54, 1.807) is 20.0 Å². The molecule has 0 fully saturated rings. The molecule has 0 bridgehead atoms. The van der Waals surface area contributed by atoms with Crippen molar-refractivity contribution in [2.45, 2.75) is 39.9 Å². The normalized spacial score (nSPS) is 11.6. The number of benzene rings is 1. The number of nitrogens with zero attached hydrogens (tertiary/aromatic N) is 1. The van der Waals surface area contributed by atoms with E-state index in [1.807, 2.05) is 19.1 Å². The number of rotatable bonds is 4. The monoisotopic (exact) mass is 277 g/mol. The van der Waals surface area contributed by atoms with Gasteiger partial charge < -0.3 is 9.84 Å². The summed E-state index contributed by atoms with van der Waals surface area (Å²) < 4.78 is 5.77. The van der Waals surface area contributed by atoms with Crippen LogP contribution in [0.25, 0.3) is 0 Å². The van der Waals surface area contributed by atoms with Crippen LogP contribution in [0.1, 0.15) is 34.9 Å². The summed E-state index contributed by atoms with van der Waals surface area (Å²) in [6.07, 6.45) is 1.71. The third-order valence-corrected chi connectivity index (χ3v) is 4.12. The molecule has 0 atom stereocenters. The van der Waals surface area contributed by atoms with Crippen LogP contribution in [0.2, 0.25) is 0 Å². The van der Waals surface area contributed by atoms with E-state index >= 15 is 0 Å². The SMILES string of the molecule is Cc1ccc(OCc2ncc(C(C)(C)O)s2)c(C)c1. The van der Waals surface area contributed by atoms with Crippen LogP contribution >= 0.6 is 11.3 Å². The number of hydrogen-bond acceptors (Lipinski definition) is 4. The van der Waals surface area contributed by atoms with Crippen LogP contribution in [0.4, 0.5) is 0 Å². The minimum atomic E-state index is -0.838. The van der Waals surface area contributed by atoms with Gasteiger partial charge in [-0.3, -0.25) is 0 Å². The van der Waals surface area contributed by atoms with Gasteiger partial charge in [0.1, 0.15) is 17.4 Å². The van der Waals surface area contributed by atoms with Crippen molar-refractivity contribution in [3.05, 3.63) is 45.4 Å². The maximum Gasteiger partial charge on any atom is 0.140 e. The lowest BCUT2D eigenvalue weighted by molar-refractivity contribution is 0.0823. The van der Waals surface area contributed by atoms with E-state index in [0.29, 0.717) is 6.61 Å². The van der Waals surface area contributed by atoms with Gasteiger partial charge in [-0.2, -0.15) is 0 Å². The van der Waals surface area contributed by atoms with Crippen LogP contribution < -0.4 is 4.74 Å². The maximum absolute atomic E-state index is 9.89. The Bertz CT molecular complexity index is 570. The highest BCUT2D eigenvalue weighted by molar-refractivity contribution is 7.11. The van der Waals surface area contributed by atoms with Gasteiger partial charge in [-0.05, 0) is 39.3 Å². The summed E-state index contributed by atoms with van der Waals surface area (Å²) >= 11 is 1.48. The molecule has 1 aromatic carbocycles. The molecule has 0 aliphatic rings. The van der Waals surface area contributed by atoms with Gasteiger partial charge in [-0.1, -0.05) is 17.7 Å². The molecule has 2 aromatic rings. The fourth-order valence-corrected chi connectivity index (χ4v) is 2.59. The fraction of sp³-hybridized carbons (Fsp3) is 0.400. The van der Waals surface area contributed by atoms with Gasteiger partial charge in [0, 0.05) is 6.20 Å². The number of hydrogen-bond donors (Lipinski definition) is 1. The van der Waals surface area contributed by atoms with E-state index in [2.05, 4.69) is 18.0 Å². The molecule has 0 radical (unpaired) electrons. The highest BCUT2D eigenvalue weighted by atomic mass is 32.1. The molecule has 4 heteroatoms. The second-order valence-electron chi connectivity index (χ2n) is 5.23. The maximum atomic E-state index is 9.89. The minimum absolute atomic E-state index is 0.435. The first-order valence-electron chi connectivity index (χ1n) is 6.24. The molecule has 0 amide bonds. The smallest absolute Gasteiger partial charge is 0.140 e. The molecule has 0 aliphatic heterocycles. The van der Waals surface area contributed by atoms with E-state index in [-0.39, 0.29) is 0 Å². The van der Waals surface area contributed by atoms with Gasteiger partial charge in [0.25, 0.3) is 0 Å². The number of ether oxygens (including phenoxy) is 1. The largest absolute Gasteiger partial charge is 0.486 e. The van der Waals surface area contributed by atoms with Gasteiger partial charge in [-0.25, -0.2) is 4.98 Å². The Hall–Kier alpha value is -1.39. The molecule has 19 heavy (non-hydrogen) atoms. The molecule has 1 heterocycles. The van der Waals surface area contributed by atoms with Gasteiger partial charge in [0.15, 0.2) is 0 Å². The Morgan fingerprint density at radius 2 is 2.05 bits per heavy atom. The van der Waals surface area contributed by atoms with E-state index in [0.717, 1.165) is 21.2 Å². The number of aromatic nitrogens is 1. The molecule has 102 valence electrons. The second-order valence-corrected chi connectivity index (χ2v) is 6.35. The van der Waals surface area contributed by atoms with Crippen molar-refractivity contribution in [2.75, 3.05) is 0 Å². The second kappa shape index (κ2) is 5.31. The van der Waals surface area contributed by atoms with Crippen molar-refractivity contribution in [1.82, 2.24) is 4.98 Å². The third kappa shape index (κ3) is 3.55. The zero-order valence-corrected chi connectivity index (χ0v) is 12.5. The van der Waals surface area contributed by atoms with Crippen LogP contribution in [-0.4, -0.2) is 10.1 Å². The molecular weight excluding hydrogens is 258 g/mol. The van der Waals surface area contributed by atoms with E-state index < -0.39 is 5.60 Å². The molecule has 0 unspecified atom stereocenters. The fourth-order valence-electron chi connectivity index (χ4n) is 1.76. The summed E-state index contributed by atoms with van der Waals surface area (Å²) in [6, 6.07) is 6.11. The molecule has 1 N–H and O–H groups in total. The van der Waals surface area contributed by atoms with Crippen molar-refractivity contribution in [1.29, 1.82) is 0 Å². The highest BCUT2D eigenvalue weighted by Crippen LogP contribution is 2.27. The summed E-state index contributed by atoms with van der Waals surface area (Å²) in [5.74, 6) is 0.880. The van der Waals surface area contributed by atoms with Crippen molar-refractivity contribution >= 4 is 11.3 Å². The predicted octanol–water partition coefficient (Wildman–Crippen LogP) is 3.57. The predicted molar refractivity (Wildman–Crippen MR) is 77.6 cm³/mol. The minimum Gasteiger partial charge on any atom is -0.486 e. The first kappa shape index (κ1) is 14.0. The Morgan fingerprint density at radius 1 is 1.32 bits per heavy atom. The van der Waals surface area contributed by atoms with Crippen molar-refractivity contribution in [2.24, 2.45) is 0 Å². The summed E-state index contributed by atoms with van der Waals surface area (Å²) in [5.41, 5.74) is 1.51. The zero-order valence-electron chi connectivity index (χ0n) is 11.7. The number of aliphatic hydroxyl groups is 1. The van der Waals surface area contributed by atoms with Crippen molar-refractivity contribution in [3.8, 4) is 5.75 Å². The van der Waals surface area contributed by atoms with Crippen LogP contribution in [0.5, 0.6) is 5.75 Å². The van der Waals surface area contributed by atoms with Crippen molar-refractivity contribution in [3.63, 3.8) is 0 Å². The van der Waals surface area contributed by atoms with Crippen LogP contribution in [0.3, 0.4) is 0 Å². The van der Waals surface area contributed by atoms with Gasteiger partial charge in [-0.15, -0.1) is 11.3 Å². The summed E-state index contributed by atoms with van der Waals surface area (Å²) in [4.78, 5) is 5.13. The molecule has 1 aromatic heterocycles. The average Bonchev–Trinajstić information content (AvgIpc) is 2.76. The first-order valence-corrected chi connectivity index (χ1v) is 7.05. The van der Waals surface area contributed by atoms with Crippen LogP contribution in [-0.2, 0) is 12.2 Å². The highest BCUT2D eigenvalue weighted by Gasteiger charge is 2.19. The molecule has 0 aliphatic carbocycles. The number of aryl methyl sites for hydroxylation is 2. The Balaban J connectivity index is 2.04. The molecule has 0 saturated carbocycles. The summed E-state index contributed by atoms with van der Waals surface area (Å²) in [6.45, 7) is 8.05. The van der Waals surface area contributed by atoms with Gasteiger partial charge in [0.05, 0.1) is 10.5 Å². The Kier molecular flexibility index (Phi) is 3.92. The standard InChI is InChI=1S/C15H19NO2S/c1-10-5-6-12(11(2)7-10)18-9-14-16-8-13(19-14)15(3,4)17/h5-8,17H,9H2,1-4H3. The van der Waals surface area contributed by atoms with Gasteiger partial charge >= 0.3 is 0 Å². The lowest BCUT2D eigenvalue weighted by Crippen LogP contribution is -2.12. The molecule has 0 saturated heterocycles. The molecular formula is C15H19NO2S. The number of thiazole rings is 1. The topological polar surface area (TPSA) is 42.4 Å². The quantitative estimate of drug-likeness (QED) is 0.929. The third-order valence-electron chi connectivity index (χ3n) is 2.84. The summed E-state index contributed by atoms with van der Waals surface area (Å²) in [5, 5.41) is 10.8. The molecule has 3 nitrogen and oxygen atoms in total. The lowest BCUT2D eigenvalue weighted by atomic mass is 10.1. The average molecular weight is 277 g/mol. The Labute approximate surface area is 117 Å². The molecule has 2 rings (SSSR count). The van der Waals surface area contributed by atoms with Crippen molar-refractivity contribution < 1.29 is 9.84 Å².